The fourth-order valence-corrected chi connectivity index (χ4v) is 1.92. The zero-order chi connectivity index (χ0) is 11.7. The summed E-state index contributed by atoms with van der Waals surface area (Å²) < 4.78 is 11.2. The summed E-state index contributed by atoms with van der Waals surface area (Å²) in [6, 6.07) is 0.523. The van der Waals surface area contributed by atoms with Crippen LogP contribution in [0.1, 0.15) is 40.5 Å². The average Bonchev–Trinajstić information content (AvgIpc) is 2.17. The molecular weight excluding hydrogens is 206 g/mol. The maximum Gasteiger partial charge on any atom is 0.0360 e. The molecule has 0 aliphatic carbocycles. The Labute approximate surface area is 97.0 Å². The van der Waals surface area contributed by atoms with Gasteiger partial charge in [0.05, 0.1) is 0 Å². The topological polar surface area (TPSA) is 29.1 Å². The third-order valence-electron chi connectivity index (χ3n) is 2.30. The van der Waals surface area contributed by atoms with E-state index in [0.717, 1.165) is 30.9 Å². The minimum atomic E-state index is -0.631. The highest BCUT2D eigenvalue weighted by atomic mass is 32.2. The molecule has 0 saturated heterocycles. The van der Waals surface area contributed by atoms with Crippen LogP contribution in [-0.2, 0) is 10.8 Å². The SMILES string of the molecule is CCS(=O)CCNC(C)CCC=C(C)C. The summed E-state index contributed by atoms with van der Waals surface area (Å²) in [4.78, 5) is 0. The van der Waals surface area contributed by atoms with Gasteiger partial charge in [0, 0.05) is 34.9 Å². The van der Waals surface area contributed by atoms with Crippen molar-refractivity contribution in [1.82, 2.24) is 5.32 Å². The molecule has 0 heterocycles. The Kier molecular flexibility index (Phi) is 9.01. The summed E-state index contributed by atoms with van der Waals surface area (Å²) in [5.74, 6) is 1.55. The van der Waals surface area contributed by atoms with Crippen molar-refractivity contribution in [3.8, 4) is 0 Å². The minimum Gasteiger partial charge on any atom is -0.313 e. The van der Waals surface area contributed by atoms with Gasteiger partial charge in [0.25, 0.3) is 0 Å². The zero-order valence-corrected chi connectivity index (χ0v) is 11.3. The van der Waals surface area contributed by atoms with E-state index in [2.05, 4.69) is 32.2 Å². The first-order chi connectivity index (χ1) is 7.06. The van der Waals surface area contributed by atoms with Gasteiger partial charge in [-0.15, -0.1) is 0 Å². The van der Waals surface area contributed by atoms with Crippen molar-refractivity contribution in [3.05, 3.63) is 11.6 Å². The van der Waals surface area contributed by atoms with Gasteiger partial charge in [-0.05, 0) is 33.6 Å². The van der Waals surface area contributed by atoms with Crippen LogP contribution in [0.4, 0.5) is 0 Å². The molecule has 0 aromatic rings. The first-order valence-electron chi connectivity index (χ1n) is 5.78. The van der Waals surface area contributed by atoms with Crippen LogP contribution in [0.15, 0.2) is 11.6 Å². The highest BCUT2D eigenvalue weighted by molar-refractivity contribution is 7.84. The Morgan fingerprint density at radius 3 is 2.67 bits per heavy atom. The second kappa shape index (κ2) is 9.10. The second-order valence-electron chi connectivity index (χ2n) is 4.15. The summed E-state index contributed by atoms with van der Waals surface area (Å²) in [5, 5.41) is 3.40. The molecule has 0 aliphatic heterocycles. The van der Waals surface area contributed by atoms with Crippen LogP contribution in [0, 0.1) is 0 Å². The maximum atomic E-state index is 11.2. The van der Waals surface area contributed by atoms with Gasteiger partial charge in [0.2, 0.25) is 0 Å². The molecule has 0 radical (unpaired) electrons. The minimum absolute atomic E-state index is 0.523. The molecule has 0 rings (SSSR count). The quantitative estimate of drug-likeness (QED) is 0.650. The summed E-state index contributed by atoms with van der Waals surface area (Å²) in [5.41, 5.74) is 1.38. The van der Waals surface area contributed by atoms with E-state index in [9.17, 15) is 4.21 Å². The highest BCUT2D eigenvalue weighted by Crippen LogP contribution is 2.00. The molecule has 2 unspecified atom stereocenters. The fraction of sp³-hybridized carbons (Fsp3) is 0.833. The summed E-state index contributed by atoms with van der Waals surface area (Å²) in [6.07, 6.45) is 4.56. The predicted octanol–water partition coefficient (Wildman–Crippen LogP) is 2.48. The summed E-state index contributed by atoms with van der Waals surface area (Å²) in [7, 11) is -0.631. The van der Waals surface area contributed by atoms with Gasteiger partial charge in [0.15, 0.2) is 0 Å². The lowest BCUT2D eigenvalue weighted by molar-refractivity contribution is 0.535. The Bertz CT molecular complexity index is 210. The Morgan fingerprint density at radius 2 is 2.13 bits per heavy atom. The van der Waals surface area contributed by atoms with Crippen LogP contribution >= 0.6 is 0 Å². The van der Waals surface area contributed by atoms with Gasteiger partial charge >= 0.3 is 0 Å². The number of nitrogens with one attached hydrogen (secondary N) is 1. The molecular formula is C12H25NOS. The monoisotopic (exact) mass is 231 g/mol. The third kappa shape index (κ3) is 10.1. The molecule has 2 atom stereocenters. The van der Waals surface area contributed by atoms with Gasteiger partial charge in [0.1, 0.15) is 0 Å². The normalized spacial score (nSPS) is 14.7. The largest absolute Gasteiger partial charge is 0.313 e. The van der Waals surface area contributed by atoms with E-state index in [4.69, 9.17) is 0 Å². The first-order valence-corrected chi connectivity index (χ1v) is 7.26. The zero-order valence-electron chi connectivity index (χ0n) is 10.5. The van der Waals surface area contributed by atoms with Crippen molar-refractivity contribution in [2.75, 3.05) is 18.1 Å². The number of allylic oxidation sites excluding steroid dienone is 2. The molecule has 15 heavy (non-hydrogen) atoms. The lowest BCUT2D eigenvalue weighted by Gasteiger charge is -2.12. The number of rotatable bonds is 8. The molecule has 3 heteroatoms. The van der Waals surface area contributed by atoms with Crippen LogP contribution in [-0.4, -0.2) is 28.3 Å². The van der Waals surface area contributed by atoms with Crippen molar-refractivity contribution >= 4 is 10.8 Å². The van der Waals surface area contributed by atoms with Crippen molar-refractivity contribution in [2.24, 2.45) is 0 Å². The van der Waals surface area contributed by atoms with Crippen molar-refractivity contribution in [2.45, 2.75) is 46.6 Å². The van der Waals surface area contributed by atoms with Gasteiger partial charge in [-0.3, -0.25) is 4.21 Å². The van der Waals surface area contributed by atoms with E-state index in [1.54, 1.807) is 0 Å². The van der Waals surface area contributed by atoms with E-state index in [1.807, 2.05) is 6.92 Å². The predicted molar refractivity (Wildman–Crippen MR) is 69.7 cm³/mol. The molecule has 0 aromatic carbocycles. The van der Waals surface area contributed by atoms with E-state index in [1.165, 1.54) is 5.57 Å². The van der Waals surface area contributed by atoms with Crippen LogP contribution in [0.5, 0.6) is 0 Å². The van der Waals surface area contributed by atoms with Gasteiger partial charge in [-0.1, -0.05) is 18.6 Å². The van der Waals surface area contributed by atoms with Gasteiger partial charge in [-0.2, -0.15) is 0 Å². The molecule has 0 aromatic heterocycles. The summed E-state index contributed by atoms with van der Waals surface area (Å²) in [6.45, 7) is 9.28. The molecule has 0 bridgehead atoms. The lowest BCUT2D eigenvalue weighted by Crippen LogP contribution is -2.29. The standard InChI is InChI=1S/C12H25NOS/c1-5-15(14)10-9-13-12(4)8-6-7-11(2)3/h7,12-13H,5-6,8-10H2,1-4H3. The smallest absolute Gasteiger partial charge is 0.0360 e. The lowest BCUT2D eigenvalue weighted by atomic mass is 10.1. The van der Waals surface area contributed by atoms with Gasteiger partial charge < -0.3 is 5.32 Å². The molecule has 90 valence electrons. The van der Waals surface area contributed by atoms with E-state index in [0.29, 0.717) is 6.04 Å². The maximum absolute atomic E-state index is 11.2. The average molecular weight is 231 g/mol. The van der Waals surface area contributed by atoms with Crippen LogP contribution in [0.2, 0.25) is 0 Å². The van der Waals surface area contributed by atoms with Gasteiger partial charge in [-0.25, -0.2) is 0 Å². The Hall–Kier alpha value is -0.150. The Balaban J connectivity index is 3.45. The molecule has 0 fully saturated rings. The molecule has 0 saturated carbocycles. The molecule has 1 N–H and O–H groups in total. The highest BCUT2D eigenvalue weighted by Gasteiger charge is 2.01. The van der Waals surface area contributed by atoms with E-state index >= 15 is 0 Å². The molecule has 2 nitrogen and oxygen atoms in total. The first kappa shape index (κ1) is 14.8. The number of hydrogen-bond acceptors (Lipinski definition) is 2. The van der Waals surface area contributed by atoms with Crippen LogP contribution < -0.4 is 5.32 Å². The van der Waals surface area contributed by atoms with Crippen molar-refractivity contribution in [1.29, 1.82) is 0 Å². The van der Waals surface area contributed by atoms with Crippen molar-refractivity contribution < 1.29 is 4.21 Å². The Morgan fingerprint density at radius 1 is 1.47 bits per heavy atom. The summed E-state index contributed by atoms with van der Waals surface area (Å²) >= 11 is 0. The van der Waals surface area contributed by atoms with Crippen LogP contribution in [0.3, 0.4) is 0 Å². The van der Waals surface area contributed by atoms with Crippen LogP contribution in [0.25, 0.3) is 0 Å². The number of hydrogen-bond donors (Lipinski definition) is 1. The molecule has 0 spiro atoms. The second-order valence-corrected chi connectivity index (χ2v) is 6.01. The molecule has 0 aliphatic rings. The van der Waals surface area contributed by atoms with E-state index in [-0.39, 0.29) is 0 Å². The molecule has 0 amide bonds. The third-order valence-corrected chi connectivity index (χ3v) is 3.60. The van der Waals surface area contributed by atoms with Crippen molar-refractivity contribution in [3.63, 3.8) is 0 Å². The fourth-order valence-electron chi connectivity index (χ4n) is 1.29. The van der Waals surface area contributed by atoms with E-state index < -0.39 is 10.8 Å².